The Morgan fingerprint density at radius 3 is 2.65 bits per heavy atom. The lowest BCUT2D eigenvalue weighted by Crippen LogP contribution is -2.43. The van der Waals surface area contributed by atoms with Crippen molar-refractivity contribution in [3.8, 4) is 5.75 Å². The third-order valence-electron chi connectivity index (χ3n) is 3.50. The Balaban J connectivity index is 2.30. The van der Waals surface area contributed by atoms with Gasteiger partial charge in [0.15, 0.2) is 5.78 Å². The summed E-state index contributed by atoms with van der Waals surface area (Å²) in [6, 6.07) is 5.50. The summed E-state index contributed by atoms with van der Waals surface area (Å²) in [5.41, 5.74) is -0.709. The van der Waals surface area contributed by atoms with E-state index >= 15 is 0 Å². The van der Waals surface area contributed by atoms with Gasteiger partial charge in [-0.3, -0.25) is 4.79 Å². The molecule has 2 rings (SSSR count). The highest BCUT2D eigenvalue weighted by molar-refractivity contribution is 6.02. The van der Waals surface area contributed by atoms with Crippen LogP contribution in [0.1, 0.15) is 30.1 Å². The second-order valence-electron chi connectivity index (χ2n) is 5.21. The number of carbonyl (C=O) groups is 1. The molecule has 1 heterocycles. The molecule has 1 aliphatic rings. The number of nitrogens with one attached hydrogen (secondary N) is 1. The standard InChI is InChI=1S/C14H16F3NO2/c1-13(7-4-8-18-9-13)12(19)10-5-2-3-6-11(10)20-14(15,16)17/h2-3,5-6,18H,4,7-9H2,1H3. The van der Waals surface area contributed by atoms with Gasteiger partial charge >= 0.3 is 6.36 Å². The van der Waals surface area contributed by atoms with E-state index in [-0.39, 0.29) is 11.3 Å². The van der Waals surface area contributed by atoms with Crippen LogP contribution >= 0.6 is 0 Å². The van der Waals surface area contributed by atoms with Crippen molar-refractivity contribution in [3.05, 3.63) is 29.8 Å². The van der Waals surface area contributed by atoms with Gasteiger partial charge in [0.25, 0.3) is 0 Å². The number of ether oxygens (including phenoxy) is 1. The van der Waals surface area contributed by atoms with Crippen LogP contribution in [0.25, 0.3) is 0 Å². The summed E-state index contributed by atoms with van der Waals surface area (Å²) >= 11 is 0. The summed E-state index contributed by atoms with van der Waals surface area (Å²) in [5, 5.41) is 3.11. The van der Waals surface area contributed by atoms with Crippen LogP contribution < -0.4 is 10.1 Å². The molecule has 0 bridgehead atoms. The Labute approximate surface area is 115 Å². The van der Waals surface area contributed by atoms with E-state index in [0.717, 1.165) is 13.0 Å². The number of carbonyl (C=O) groups excluding carboxylic acids is 1. The lowest BCUT2D eigenvalue weighted by Gasteiger charge is -2.33. The van der Waals surface area contributed by atoms with E-state index < -0.39 is 17.5 Å². The number of hydrogen-bond donors (Lipinski definition) is 1. The molecule has 0 aliphatic carbocycles. The average Bonchev–Trinajstić information content (AvgIpc) is 2.37. The molecule has 1 fully saturated rings. The normalized spacial score (nSPS) is 23.4. The molecule has 1 saturated heterocycles. The van der Waals surface area contributed by atoms with Crippen LogP contribution in [0.2, 0.25) is 0 Å². The molecule has 3 nitrogen and oxygen atoms in total. The van der Waals surface area contributed by atoms with Crippen LogP contribution in [0.3, 0.4) is 0 Å². The number of halogens is 3. The Kier molecular flexibility index (Phi) is 4.04. The largest absolute Gasteiger partial charge is 0.573 e. The van der Waals surface area contributed by atoms with Crippen LogP contribution in [0.5, 0.6) is 5.75 Å². The van der Waals surface area contributed by atoms with Gasteiger partial charge in [0, 0.05) is 12.0 Å². The topological polar surface area (TPSA) is 38.3 Å². The maximum absolute atomic E-state index is 12.5. The molecule has 1 unspecified atom stereocenters. The number of hydrogen-bond acceptors (Lipinski definition) is 3. The predicted molar refractivity (Wildman–Crippen MR) is 67.7 cm³/mol. The summed E-state index contributed by atoms with van der Waals surface area (Å²) in [7, 11) is 0. The number of piperidine rings is 1. The number of Topliss-reactive ketones (excluding diaryl/α,β-unsaturated/α-hetero) is 1. The number of para-hydroxylation sites is 1. The molecule has 0 aromatic heterocycles. The molecule has 0 radical (unpaired) electrons. The van der Waals surface area contributed by atoms with Crippen LogP contribution in [-0.4, -0.2) is 25.2 Å². The molecule has 110 valence electrons. The van der Waals surface area contributed by atoms with Gasteiger partial charge in [-0.15, -0.1) is 13.2 Å². The second kappa shape index (κ2) is 5.44. The van der Waals surface area contributed by atoms with E-state index in [9.17, 15) is 18.0 Å². The van der Waals surface area contributed by atoms with Gasteiger partial charge in [0.2, 0.25) is 0 Å². The fourth-order valence-electron chi connectivity index (χ4n) is 2.44. The zero-order valence-electron chi connectivity index (χ0n) is 11.1. The van der Waals surface area contributed by atoms with Gasteiger partial charge in [-0.25, -0.2) is 0 Å². The summed E-state index contributed by atoms with van der Waals surface area (Å²) in [6.45, 7) is 3.06. The van der Waals surface area contributed by atoms with Crippen molar-refractivity contribution in [3.63, 3.8) is 0 Å². The van der Waals surface area contributed by atoms with Gasteiger partial charge in [-0.2, -0.15) is 0 Å². The van der Waals surface area contributed by atoms with E-state index in [1.165, 1.54) is 24.3 Å². The van der Waals surface area contributed by atoms with Crippen molar-refractivity contribution in [2.45, 2.75) is 26.1 Å². The summed E-state index contributed by atoms with van der Waals surface area (Å²) in [6.07, 6.45) is -3.33. The zero-order valence-corrected chi connectivity index (χ0v) is 11.1. The third-order valence-corrected chi connectivity index (χ3v) is 3.50. The molecule has 1 aliphatic heterocycles. The van der Waals surface area contributed by atoms with Crippen molar-refractivity contribution in [2.24, 2.45) is 5.41 Å². The van der Waals surface area contributed by atoms with Gasteiger partial charge < -0.3 is 10.1 Å². The quantitative estimate of drug-likeness (QED) is 0.868. The SMILES string of the molecule is CC1(C(=O)c2ccccc2OC(F)(F)F)CCCNC1. The highest BCUT2D eigenvalue weighted by Crippen LogP contribution is 2.34. The van der Waals surface area contributed by atoms with E-state index in [2.05, 4.69) is 10.1 Å². The fourth-order valence-corrected chi connectivity index (χ4v) is 2.44. The molecule has 0 amide bonds. The highest BCUT2D eigenvalue weighted by atomic mass is 19.4. The molecule has 1 aromatic rings. The number of ketones is 1. The third kappa shape index (κ3) is 3.30. The average molecular weight is 287 g/mol. The first-order valence-corrected chi connectivity index (χ1v) is 6.42. The highest BCUT2D eigenvalue weighted by Gasteiger charge is 2.38. The van der Waals surface area contributed by atoms with Gasteiger partial charge in [-0.1, -0.05) is 19.1 Å². The van der Waals surface area contributed by atoms with Crippen molar-refractivity contribution < 1.29 is 22.7 Å². The van der Waals surface area contributed by atoms with E-state index in [0.29, 0.717) is 13.0 Å². The first-order valence-electron chi connectivity index (χ1n) is 6.42. The van der Waals surface area contributed by atoms with E-state index in [4.69, 9.17) is 0 Å². The Hall–Kier alpha value is -1.56. The Bertz CT molecular complexity index is 493. The van der Waals surface area contributed by atoms with Crippen molar-refractivity contribution in [1.82, 2.24) is 5.32 Å². The van der Waals surface area contributed by atoms with Crippen LogP contribution in [0.4, 0.5) is 13.2 Å². The molecule has 1 aromatic carbocycles. The maximum atomic E-state index is 12.5. The molecule has 0 spiro atoms. The Morgan fingerprint density at radius 2 is 2.05 bits per heavy atom. The van der Waals surface area contributed by atoms with Crippen molar-refractivity contribution in [2.75, 3.05) is 13.1 Å². The minimum Gasteiger partial charge on any atom is -0.405 e. The molecule has 1 N–H and O–H groups in total. The molecular formula is C14H16F3NO2. The molecule has 20 heavy (non-hydrogen) atoms. The van der Waals surface area contributed by atoms with Crippen molar-refractivity contribution in [1.29, 1.82) is 0 Å². The number of rotatable bonds is 3. The first kappa shape index (κ1) is 14.8. The number of benzene rings is 1. The molecular weight excluding hydrogens is 271 g/mol. The van der Waals surface area contributed by atoms with Crippen LogP contribution in [-0.2, 0) is 0 Å². The maximum Gasteiger partial charge on any atom is 0.573 e. The lowest BCUT2D eigenvalue weighted by molar-refractivity contribution is -0.274. The monoisotopic (exact) mass is 287 g/mol. The van der Waals surface area contributed by atoms with E-state index in [1.54, 1.807) is 6.92 Å². The Morgan fingerprint density at radius 1 is 1.35 bits per heavy atom. The predicted octanol–water partition coefficient (Wildman–Crippen LogP) is 3.16. The number of alkyl halides is 3. The minimum atomic E-state index is -4.80. The van der Waals surface area contributed by atoms with Gasteiger partial charge in [-0.05, 0) is 31.5 Å². The fraction of sp³-hybridized carbons (Fsp3) is 0.500. The smallest absolute Gasteiger partial charge is 0.405 e. The molecule has 1 atom stereocenters. The molecule has 6 heteroatoms. The van der Waals surface area contributed by atoms with Crippen LogP contribution in [0, 0.1) is 5.41 Å². The minimum absolute atomic E-state index is 0.0176. The zero-order chi connectivity index (χ0) is 14.8. The molecule has 0 saturated carbocycles. The second-order valence-corrected chi connectivity index (χ2v) is 5.21. The summed E-state index contributed by atoms with van der Waals surface area (Å²) in [5.74, 6) is -0.749. The van der Waals surface area contributed by atoms with Gasteiger partial charge in [0.1, 0.15) is 5.75 Å². The van der Waals surface area contributed by atoms with Crippen molar-refractivity contribution >= 4 is 5.78 Å². The van der Waals surface area contributed by atoms with Crippen LogP contribution in [0.15, 0.2) is 24.3 Å². The summed E-state index contributed by atoms with van der Waals surface area (Å²) in [4.78, 5) is 12.5. The first-order chi connectivity index (χ1) is 9.32. The lowest BCUT2D eigenvalue weighted by atomic mass is 9.76. The summed E-state index contributed by atoms with van der Waals surface area (Å²) < 4.78 is 41.1. The van der Waals surface area contributed by atoms with E-state index in [1.807, 2.05) is 0 Å². The van der Waals surface area contributed by atoms with Gasteiger partial charge in [0.05, 0.1) is 5.56 Å².